The summed E-state index contributed by atoms with van der Waals surface area (Å²) in [5, 5.41) is 13.7. The van der Waals surface area contributed by atoms with Crippen LogP contribution in [0, 0.1) is 0 Å². The van der Waals surface area contributed by atoms with Crippen LogP contribution in [-0.4, -0.2) is 29.9 Å². The minimum Gasteiger partial charge on any atom is -0.503 e. The zero-order valence-electron chi connectivity index (χ0n) is 15.0. The molecule has 1 heterocycles. The van der Waals surface area contributed by atoms with Gasteiger partial charge in [-0.3, -0.25) is 4.79 Å². The lowest BCUT2D eigenvalue weighted by Crippen LogP contribution is -2.19. The molecule has 0 spiro atoms. The van der Waals surface area contributed by atoms with E-state index in [0.717, 1.165) is 0 Å². The van der Waals surface area contributed by atoms with Crippen molar-refractivity contribution in [2.45, 2.75) is 6.92 Å². The van der Waals surface area contributed by atoms with E-state index in [0.29, 0.717) is 38.7 Å². The van der Waals surface area contributed by atoms with Crippen molar-refractivity contribution in [2.24, 2.45) is 4.99 Å². The third-order valence-electron chi connectivity index (χ3n) is 3.66. The van der Waals surface area contributed by atoms with E-state index in [1.807, 2.05) is 0 Å². The highest BCUT2D eigenvalue weighted by Gasteiger charge is 2.24. The number of ether oxygens (including phenoxy) is 2. The molecule has 2 aromatic carbocycles. The van der Waals surface area contributed by atoms with Crippen molar-refractivity contribution in [3.63, 3.8) is 0 Å². The number of hydrogen-bond acceptors (Lipinski definition) is 6. The number of aliphatic imine (C=N–C) groups is 1. The van der Waals surface area contributed by atoms with Gasteiger partial charge in [0, 0.05) is 5.02 Å². The first-order valence-electron chi connectivity index (χ1n) is 8.19. The van der Waals surface area contributed by atoms with E-state index in [-0.39, 0.29) is 22.4 Å². The van der Waals surface area contributed by atoms with Crippen LogP contribution in [0.4, 0.5) is 5.69 Å². The van der Waals surface area contributed by atoms with E-state index >= 15 is 0 Å². The van der Waals surface area contributed by atoms with Crippen LogP contribution in [-0.2, 0) is 4.79 Å². The number of benzene rings is 2. The predicted molar refractivity (Wildman–Crippen MR) is 113 cm³/mol. The number of thioether (sulfide) groups is 1. The Hall–Kier alpha value is -2.35. The molecule has 2 aromatic rings. The summed E-state index contributed by atoms with van der Waals surface area (Å²) < 4.78 is 10.6. The second kappa shape index (κ2) is 8.77. The number of aromatic hydroxyl groups is 1. The Morgan fingerprint density at radius 2 is 2.04 bits per heavy atom. The number of phenols is 1. The van der Waals surface area contributed by atoms with Crippen LogP contribution in [0.25, 0.3) is 6.08 Å². The second-order valence-corrected chi connectivity index (χ2v) is 7.45. The van der Waals surface area contributed by atoms with Gasteiger partial charge in [-0.25, -0.2) is 4.99 Å². The number of nitrogens with zero attached hydrogens (tertiary/aromatic N) is 1. The van der Waals surface area contributed by atoms with Gasteiger partial charge in [-0.05, 0) is 60.7 Å². The summed E-state index contributed by atoms with van der Waals surface area (Å²) in [6.07, 6.45) is 1.64. The lowest BCUT2D eigenvalue weighted by atomic mass is 10.2. The number of carbonyl (C=O) groups excluding carboxylic acids is 1. The van der Waals surface area contributed by atoms with Crippen molar-refractivity contribution in [1.29, 1.82) is 0 Å². The number of amidine groups is 1. The third kappa shape index (κ3) is 4.55. The zero-order valence-corrected chi connectivity index (χ0v) is 17.3. The van der Waals surface area contributed by atoms with Crippen LogP contribution in [0.3, 0.4) is 0 Å². The number of methoxy groups -OCH3 is 1. The average Bonchev–Trinajstić information content (AvgIpc) is 2.98. The molecule has 1 saturated heterocycles. The van der Waals surface area contributed by atoms with Crippen molar-refractivity contribution in [3.05, 3.63) is 50.8 Å². The highest BCUT2D eigenvalue weighted by Crippen LogP contribution is 2.38. The number of hydrogen-bond donors (Lipinski definition) is 2. The van der Waals surface area contributed by atoms with Crippen molar-refractivity contribution >= 4 is 57.8 Å². The van der Waals surface area contributed by atoms with Crippen LogP contribution in [0.5, 0.6) is 17.2 Å². The molecule has 0 atom stereocenters. The summed E-state index contributed by atoms with van der Waals surface area (Å²) in [5.74, 6) is 0.357. The van der Waals surface area contributed by atoms with Crippen LogP contribution < -0.4 is 14.8 Å². The van der Waals surface area contributed by atoms with Crippen molar-refractivity contribution in [1.82, 2.24) is 5.32 Å². The van der Waals surface area contributed by atoms with Gasteiger partial charge in [-0.2, -0.15) is 0 Å². The Morgan fingerprint density at radius 3 is 2.75 bits per heavy atom. The monoisotopic (exact) mass is 438 g/mol. The molecule has 0 bridgehead atoms. The summed E-state index contributed by atoms with van der Waals surface area (Å²) in [4.78, 5) is 17.1. The van der Waals surface area contributed by atoms with E-state index in [1.165, 1.54) is 18.9 Å². The molecule has 2 N–H and O–H groups in total. The molecular weight excluding hydrogens is 423 g/mol. The SMILES string of the molecule is CCOc1cc(/C=C2\SC(=Nc3cc(Cl)ccc3OC)NC2=O)cc(Cl)c1O. The summed E-state index contributed by atoms with van der Waals surface area (Å²) in [6.45, 7) is 2.17. The molecule has 1 aliphatic heterocycles. The highest BCUT2D eigenvalue weighted by molar-refractivity contribution is 8.18. The maximum absolute atomic E-state index is 12.3. The molecule has 9 heteroatoms. The topological polar surface area (TPSA) is 80.2 Å². The fourth-order valence-electron chi connectivity index (χ4n) is 2.43. The van der Waals surface area contributed by atoms with E-state index in [2.05, 4.69) is 10.3 Å². The molecule has 0 radical (unpaired) electrons. The zero-order chi connectivity index (χ0) is 20.3. The molecule has 1 amide bonds. The first-order valence-corrected chi connectivity index (χ1v) is 9.77. The number of nitrogens with one attached hydrogen (secondary N) is 1. The minimum absolute atomic E-state index is 0.135. The Bertz CT molecular complexity index is 992. The Balaban J connectivity index is 1.90. The predicted octanol–water partition coefficient (Wildman–Crippen LogP) is 5.00. The third-order valence-corrected chi connectivity index (χ3v) is 5.10. The largest absolute Gasteiger partial charge is 0.503 e. The Labute approximate surface area is 176 Å². The van der Waals surface area contributed by atoms with Gasteiger partial charge in [0.05, 0.1) is 23.6 Å². The highest BCUT2D eigenvalue weighted by atomic mass is 35.5. The second-order valence-electron chi connectivity index (χ2n) is 5.58. The fourth-order valence-corrected chi connectivity index (χ4v) is 3.65. The normalized spacial score (nSPS) is 16.5. The maximum Gasteiger partial charge on any atom is 0.264 e. The first-order chi connectivity index (χ1) is 13.4. The van der Waals surface area contributed by atoms with E-state index in [9.17, 15) is 9.90 Å². The minimum atomic E-state index is -0.299. The number of amides is 1. The molecule has 6 nitrogen and oxygen atoms in total. The van der Waals surface area contributed by atoms with Crippen molar-refractivity contribution in [2.75, 3.05) is 13.7 Å². The van der Waals surface area contributed by atoms with Gasteiger partial charge < -0.3 is 19.9 Å². The van der Waals surface area contributed by atoms with Gasteiger partial charge >= 0.3 is 0 Å². The Morgan fingerprint density at radius 1 is 1.25 bits per heavy atom. The summed E-state index contributed by atoms with van der Waals surface area (Å²) in [6, 6.07) is 8.21. The molecule has 1 fully saturated rings. The number of phenolic OH excluding ortho intramolecular Hbond substituents is 1. The van der Waals surface area contributed by atoms with Crippen LogP contribution >= 0.6 is 35.0 Å². The van der Waals surface area contributed by atoms with E-state index in [1.54, 1.807) is 43.3 Å². The number of carbonyl (C=O) groups is 1. The standard InChI is InChI=1S/C19H16Cl2N2O4S/c1-3-27-15-7-10(6-12(21)17(15)24)8-16-18(25)23-19(28-16)22-13-9-11(20)4-5-14(13)26-2/h4-9,24H,3H2,1-2H3,(H,22,23,25)/b16-8-. The molecule has 146 valence electrons. The average molecular weight is 439 g/mol. The molecule has 1 aliphatic rings. The lowest BCUT2D eigenvalue weighted by molar-refractivity contribution is -0.115. The summed E-state index contributed by atoms with van der Waals surface area (Å²) in [7, 11) is 1.53. The van der Waals surface area contributed by atoms with Crippen molar-refractivity contribution in [3.8, 4) is 17.2 Å². The molecule has 0 aliphatic carbocycles. The quantitative estimate of drug-likeness (QED) is 0.642. The smallest absolute Gasteiger partial charge is 0.264 e. The Kier molecular flexibility index (Phi) is 6.39. The van der Waals surface area contributed by atoms with Gasteiger partial charge in [-0.1, -0.05) is 23.2 Å². The molecule has 3 rings (SSSR count). The van der Waals surface area contributed by atoms with Gasteiger partial charge in [0.1, 0.15) is 11.4 Å². The first kappa shape index (κ1) is 20.4. The van der Waals surface area contributed by atoms with Gasteiger partial charge in [0.25, 0.3) is 5.91 Å². The molecule has 0 saturated carbocycles. The van der Waals surface area contributed by atoms with Crippen LogP contribution in [0.1, 0.15) is 12.5 Å². The maximum atomic E-state index is 12.3. The van der Waals surface area contributed by atoms with Crippen LogP contribution in [0.15, 0.2) is 40.2 Å². The lowest BCUT2D eigenvalue weighted by Gasteiger charge is -2.08. The van der Waals surface area contributed by atoms with Gasteiger partial charge in [0.15, 0.2) is 16.7 Å². The molecule has 28 heavy (non-hydrogen) atoms. The fraction of sp³-hybridized carbons (Fsp3) is 0.158. The molecular formula is C19H16Cl2N2O4S. The summed E-state index contributed by atoms with van der Waals surface area (Å²) in [5.41, 5.74) is 1.12. The van der Waals surface area contributed by atoms with Crippen molar-refractivity contribution < 1.29 is 19.4 Å². The number of halogens is 2. The summed E-state index contributed by atoms with van der Waals surface area (Å²) >= 11 is 13.2. The van der Waals surface area contributed by atoms with Gasteiger partial charge in [-0.15, -0.1) is 0 Å². The molecule has 0 unspecified atom stereocenters. The van der Waals surface area contributed by atoms with Gasteiger partial charge in [0.2, 0.25) is 0 Å². The number of rotatable bonds is 5. The molecule has 0 aromatic heterocycles. The van der Waals surface area contributed by atoms with E-state index < -0.39 is 0 Å². The van der Waals surface area contributed by atoms with Crippen LogP contribution in [0.2, 0.25) is 10.0 Å². The van der Waals surface area contributed by atoms with E-state index in [4.69, 9.17) is 32.7 Å².